The van der Waals surface area contributed by atoms with Crippen LogP contribution in [0.4, 0.5) is 5.69 Å². The SMILES string of the molecule is CC(Nc1ccc(C#N)cc1)C(O)Cc1ccccc1. The molecule has 2 rings (SSSR count). The molecule has 2 aromatic rings. The van der Waals surface area contributed by atoms with Crippen molar-refractivity contribution in [1.29, 1.82) is 5.26 Å². The molecule has 2 N–H and O–H groups in total. The normalized spacial score (nSPS) is 13.2. The van der Waals surface area contributed by atoms with Gasteiger partial charge >= 0.3 is 0 Å². The summed E-state index contributed by atoms with van der Waals surface area (Å²) in [6.45, 7) is 1.95. The fourth-order valence-electron chi connectivity index (χ4n) is 2.03. The predicted octanol–water partition coefficient (Wildman–Crippen LogP) is 2.96. The summed E-state index contributed by atoms with van der Waals surface area (Å²) in [6, 6.07) is 19.2. The lowest BCUT2D eigenvalue weighted by Crippen LogP contribution is -2.32. The number of aliphatic hydroxyl groups excluding tert-OH is 1. The second-order valence-electron chi connectivity index (χ2n) is 4.88. The van der Waals surface area contributed by atoms with Gasteiger partial charge in [0.1, 0.15) is 0 Å². The van der Waals surface area contributed by atoms with E-state index in [1.807, 2.05) is 49.4 Å². The van der Waals surface area contributed by atoms with Crippen LogP contribution in [0.3, 0.4) is 0 Å². The number of nitrogens with zero attached hydrogens (tertiary/aromatic N) is 1. The van der Waals surface area contributed by atoms with Crippen LogP contribution in [0.25, 0.3) is 0 Å². The van der Waals surface area contributed by atoms with Gasteiger partial charge in [0.2, 0.25) is 0 Å². The van der Waals surface area contributed by atoms with Crippen molar-refractivity contribution in [3.05, 3.63) is 65.7 Å². The maximum Gasteiger partial charge on any atom is 0.0991 e. The van der Waals surface area contributed by atoms with E-state index in [0.717, 1.165) is 11.3 Å². The molecule has 2 aromatic carbocycles. The van der Waals surface area contributed by atoms with Crippen molar-refractivity contribution >= 4 is 5.69 Å². The summed E-state index contributed by atoms with van der Waals surface area (Å²) in [5, 5.41) is 22.2. The van der Waals surface area contributed by atoms with Gasteiger partial charge in [-0.1, -0.05) is 30.3 Å². The van der Waals surface area contributed by atoms with E-state index in [4.69, 9.17) is 5.26 Å². The highest BCUT2D eigenvalue weighted by atomic mass is 16.3. The molecule has 102 valence electrons. The van der Waals surface area contributed by atoms with Crippen LogP contribution >= 0.6 is 0 Å². The molecular weight excluding hydrogens is 248 g/mol. The van der Waals surface area contributed by atoms with Gasteiger partial charge in [0.05, 0.1) is 17.7 Å². The molecule has 20 heavy (non-hydrogen) atoms. The average molecular weight is 266 g/mol. The smallest absolute Gasteiger partial charge is 0.0991 e. The van der Waals surface area contributed by atoms with Crippen molar-refractivity contribution in [2.24, 2.45) is 0 Å². The zero-order chi connectivity index (χ0) is 14.4. The van der Waals surface area contributed by atoms with Gasteiger partial charge in [-0.3, -0.25) is 0 Å². The van der Waals surface area contributed by atoms with Crippen LogP contribution < -0.4 is 5.32 Å². The van der Waals surface area contributed by atoms with E-state index in [1.54, 1.807) is 12.1 Å². The lowest BCUT2D eigenvalue weighted by atomic mass is 10.0. The van der Waals surface area contributed by atoms with Crippen LogP contribution in [0.5, 0.6) is 0 Å². The Balaban J connectivity index is 1.93. The molecule has 2 atom stereocenters. The minimum atomic E-state index is -0.465. The van der Waals surface area contributed by atoms with Crippen LogP contribution in [0.2, 0.25) is 0 Å². The highest BCUT2D eigenvalue weighted by Gasteiger charge is 2.14. The number of hydrogen-bond donors (Lipinski definition) is 2. The molecule has 0 amide bonds. The number of anilines is 1. The van der Waals surface area contributed by atoms with E-state index in [0.29, 0.717) is 12.0 Å². The number of nitrogens with one attached hydrogen (secondary N) is 1. The largest absolute Gasteiger partial charge is 0.391 e. The van der Waals surface area contributed by atoms with E-state index in [2.05, 4.69) is 11.4 Å². The molecule has 0 saturated carbocycles. The molecular formula is C17H18N2O. The first kappa shape index (κ1) is 14.1. The highest BCUT2D eigenvalue weighted by molar-refractivity contribution is 5.47. The maximum atomic E-state index is 10.2. The van der Waals surface area contributed by atoms with Crippen molar-refractivity contribution in [2.45, 2.75) is 25.5 Å². The van der Waals surface area contributed by atoms with Gasteiger partial charge in [0, 0.05) is 18.2 Å². The zero-order valence-electron chi connectivity index (χ0n) is 11.5. The Morgan fingerprint density at radius 2 is 1.75 bits per heavy atom. The first-order valence-electron chi connectivity index (χ1n) is 6.68. The minimum absolute atomic E-state index is 0.0665. The zero-order valence-corrected chi connectivity index (χ0v) is 11.5. The molecule has 0 aromatic heterocycles. The fourth-order valence-corrected chi connectivity index (χ4v) is 2.03. The highest BCUT2D eigenvalue weighted by Crippen LogP contribution is 2.13. The van der Waals surface area contributed by atoms with Gasteiger partial charge < -0.3 is 10.4 Å². The molecule has 0 radical (unpaired) electrons. The van der Waals surface area contributed by atoms with Crippen LogP contribution in [0, 0.1) is 11.3 Å². The van der Waals surface area contributed by atoms with Gasteiger partial charge in [-0.25, -0.2) is 0 Å². The van der Waals surface area contributed by atoms with Crippen LogP contribution in [0.15, 0.2) is 54.6 Å². The topological polar surface area (TPSA) is 56.0 Å². The first-order valence-corrected chi connectivity index (χ1v) is 6.68. The Hall–Kier alpha value is -2.31. The lowest BCUT2D eigenvalue weighted by molar-refractivity contribution is 0.158. The number of hydrogen-bond acceptors (Lipinski definition) is 3. The van der Waals surface area contributed by atoms with Crippen molar-refractivity contribution in [3.8, 4) is 6.07 Å². The molecule has 0 bridgehead atoms. The Morgan fingerprint density at radius 3 is 2.35 bits per heavy atom. The Kier molecular flexibility index (Phi) is 4.75. The third kappa shape index (κ3) is 3.84. The monoisotopic (exact) mass is 266 g/mol. The third-order valence-electron chi connectivity index (χ3n) is 3.27. The van der Waals surface area contributed by atoms with Gasteiger partial charge in [-0.05, 0) is 36.8 Å². The quantitative estimate of drug-likeness (QED) is 0.874. The van der Waals surface area contributed by atoms with E-state index in [1.165, 1.54) is 0 Å². The molecule has 0 heterocycles. The minimum Gasteiger partial charge on any atom is -0.391 e. The molecule has 0 aliphatic heterocycles. The predicted molar refractivity (Wildman–Crippen MR) is 80.4 cm³/mol. The first-order chi connectivity index (χ1) is 9.69. The van der Waals surface area contributed by atoms with Gasteiger partial charge in [-0.2, -0.15) is 5.26 Å². The molecule has 0 fully saturated rings. The van der Waals surface area contributed by atoms with Gasteiger partial charge in [0.25, 0.3) is 0 Å². The summed E-state index contributed by atoms with van der Waals surface area (Å²) in [7, 11) is 0. The van der Waals surface area contributed by atoms with Crippen molar-refractivity contribution in [1.82, 2.24) is 0 Å². The third-order valence-corrected chi connectivity index (χ3v) is 3.27. The Labute approximate surface area is 119 Å². The van der Waals surface area contributed by atoms with Crippen LogP contribution in [0.1, 0.15) is 18.1 Å². The number of benzene rings is 2. The summed E-state index contributed by atoms with van der Waals surface area (Å²) in [6.07, 6.45) is 0.152. The number of nitriles is 1. The van der Waals surface area contributed by atoms with E-state index < -0.39 is 6.10 Å². The summed E-state index contributed by atoms with van der Waals surface area (Å²) >= 11 is 0. The van der Waals surface area contributed by atoms with E-state index in [9.17, 15) is 5.11 Å². The number of rotatable bonds is 5. The summed E-state index contributed by atoms with van der Waals surface area (Å²) < 4.78 is 0. The molecule has 2 unspecified atom stereocenters. The van der Waals surface area contributed by atoms with Gasteiger partial charge in [0.15, 0.2) is 0 Å². The van der Waals surface area contributed by atoms with E-state index >= 15 is 0 Å². The second-order valence-corrected chi connectivity index (χ2v) is 4.88. The van der Waals surface area contributed by atoms with Crippen LogP contribution in [-0.2, 0) is 6.42 Å². The summed E-state index contributed by atoms with van der Waals surface area (Å²) in [5.41, 5.74) is 2.66. The molecule has 0 aliphatic rings. The standard InChI is InChI=1S/C17H18N2O/c1-13(17(20)11-14-5-3-2-4-6-14)19-16-9-7-15(12-18)8-10-16/h2-10,13,17,19-20H,11H2,1H3. The lowest BCUT2D eigenvalue weighted by Gasteiger charge is -2.21. The summed E-state index contributed by atoms with van der Waals surface area (Å²) in [4.78, 5) is 0. The summed E-state index contributed by atoms with van der Waals surface area (Å²) in [5.74, 6) is 0. The van der Waals surface area contributed by atoms with E-state index in [-0.39, 0.29) is 6.04 Å². The molecule has 3 heteroatoms. The maximum absolute atomic E-state index is 10.2. The Bertz CT molecular complexity index is 572. The van der Waals surface area contributed by atoms with Crippen LogP contribution in [-0.4, -0.2) is 17.3 Å². The fraction of sp³-hybridized carbons (Fsp3) is 0.235. The molecule has 0 spiro atoms. The molecule has 0 saturated heterocycles. The van der Waals surface area contributed by atoms with Crippen molar-refractivity contribution < 1.29 is 5.11 Å². The van der Waals surface area contributed by atoms with Gasteiger partial charge in [-0.15, -0.1) is 0 Å². The van der Waals surface area contributed by atoms with Crippen molar-refractivity contribution in [3.63, 3.8) is 0 Å². The second kappa shape index (κ2) is 6.74. The van der Waals surface area contributed by atoms with Crippen molar-refractivity contribution in [2.75, 3.05) is 5.32 Å². The Morgan fingerprint density at radius 1 is 1.10 bits per heavy atom. The molecule has 0 aliphatic carbocycles. The molecule has 3 nitrogen and oxygen atoms in total. The number of aliphatic hydroxyl groups is 1. The average Bonchev–Trinajstić information content (AvgIpc) is 2.49.